The normalized spacial score (nSPS) is 26.0. The van der Waals surface area contributed by atoms with Crippen molar-refractivity contribution in [2.45, 2.75) is 63.2 Å². The molecule has 2 saturated heterocycles. The molecule has 0 radical (unpaired) electrons. The van der Waals surface area contributed by atoms with Crippen LogP contribution in [0.3, 0.4) is 0 Å². The van der Waals surface area contributed by atoms with Crippen LogP contribution in [0.15, 0.2) is 11.6 Å². The Morgan fingerprint density at radius 3 is 2.79 bits per heavy atom. The third-order valence-corrected chi connectivity index (χ3v) is 6.03. The number of hydrogen-bond acceptors (Lipinski definition) is 7. The molecule has 1 aromatic heterocycles. The van der Waals surface area contributed by atoms with Crippen molar-refractivity contribution in [2.75, 3.05) is 31.6 Å². The van der Waals surface area contributed by atoms with E-state index >= 15 is 0 Å². The zero-order valence-electron chi connectivity index (χ0n) is 16.1. The van der Waals surface area contributed by atoms with Gasteiger partial charge < -0.3 is 25.4 Å². The Kier molecular flexibility index (Phi) is 8.20. The number of rotatable bonds is 8. The van der Waals surface area contributed by atoms with Crippen molar-refractivity contribution in [2.24, 2.45) is 0 Å². The molecule has 0 unspecified atom stereocenters. The van der Waals surface area contributed by atoms with Crippen LogP contribution in [0.5, 0.6) is 0 Å². The van der Waals surface area contributed by atoms with E-state index in [1.54, 1.807) is 11.6 Å². The van der Waals surface area contributed by atoms with Gasteiger partial charge in [0.1, 0.15) is 6.10 Å². The predicted molar refractivity (Wildman–Crippen MR) is 107 cm³/mol. The van der Waals surface area contributed by atoms with E-state index in [0.29, 0.717) is 24.4 Å². The van der Waals surface area contributed by atoms with Crippen LogP contribution in [-0.4, -0.2) is 71.3 Å². The number of piperidine rings is 1. The highest BCUT2D eigenvalue weighted by Crippen LogP contribution is 2.23. The maximum absolute atomic E-state index is 12.3. The molecule has 156 valence electrons. The second-order valence-corrected chi connectivity index (χ2v) is 8.37. The quantitative estimate of drug-likeness (QED) is 0.598. The van der Waals surface area contributed by atoms with Crippen LogP contribution < -0.4 is 10.6 Å². The van der Waals surface area contributed by atoms with E-state index in [9.17, 15) is 14.7 Å². The molecule has 9 heteroatoms. The van der Waals surface area contributed by atoms with Crippen LogP contribution in [0.2, 0.25) is 0 Å². The van der Waals surface area contributed by atoms with Crippen LogP contribution >= 0.6 is 11.3 Å². The summed E-state index contributed by atoms with van der Waals surface area (Å²) >= 11 is 1.37. The van der Waals surface area contributed by atoms with Crippen LogP contribution in [0.1, 0.15) is 44.9 Å². The fourth-order valence-corrected chi connectivity index (χ4v) is 4.38. The smallest absolute Gasteiger partial charge is 0.228 e. The van der Waals surface area contributed by atoms with E-state index in [-0.39, 0.29) is 37.0 Å². The lowest BCUT2D eigenvalue weighted by Crippen LogP contribution is -2.51. The molecule has 8 nitrogen and oxygen atoms in total. The van der Waals surface area contributed by atoms with Crippen molar-refractivity contribution >= 4 is 28.3 Å². The number of nitrogens with zero attached hydrogens (tertiary/aromatic N) is 2. The van der Waals surface area contributed by atoms with Crippen molar-refractivity contribution in [3.63, 3.8) is 0 Å². The van der Waals surface area contributed by atoms with Crippen molar-refractivity contribution in [3.05, 3.63) is 11.6 Å². The number of hydrogen-bond donors (Lipinski definition) is 3. The van der Waals surface area contributed by atoms with E-state index in [1.165, 1.54) is 30.6 Å². The minimum Gasteiger partial charge on any atom is -0.394 e. The molecule has 1 aromatic rings. The van der Waals surface area contributed by atoms with Gasteiger partial charge in [0.15, 0.2) is 5.13 Å². The summed E-state index contributed by atoms with van der Waals surface area (Å²) in [4.78, 5) is 30.8. The summed E-state index contributed by atoms with van der Waals surface area (Å²) in [5.74, 6) is -0.154. The summed E-state index contributed by atoms with van der Waals surface area (Å²) in [7, 11) is 0. The molecular formula is C19H30N4O4S. The third kappa shape index (κ3) is 6.51. The van der Waals surface area contributed by atoms with Crippen molar-refractivity contribution in [1.82, 2.24) is 15.2 Å². The molecule has 3 N–H and O–H groups in total. The van der Waals surface area contributed by atoms with Crippen molar-refractivity contribution in [1.29, 1.82) is 0 Å². The highest BCUT2D eigenvalue weighted by atomic mass is 32.1. The number of ether oxygens (including phenoxy) is 1. The number of nitrogens with one attached hydrogen (secondary N) is 2. The molecule has 2 aliphatic rings. The molecule has 0 spiro atoms. The monoisotopic (exact) mass is 410 g/mol. The lowest BCUT2D eigenvalue weighted by atomic mass is 9.96. The minimum atomic E-state index is -0.481. The summed E-state index contributed by atoms with van der Waals surface area (Å²) in [6.45, 7) is 2.75. The first-order valence-corrected chi connectivity index (χ1v) is 11.0. The summed E-state index contributed by atoms with van der Waals surface area (Å²) in [6, 6.07) is -0.211. The van der Waals surface area contributed by atoms with Gasteiger partial charge in [-0.2, -0.15) is 0 Å². The van der Waals surface area contributed by atoms with Gasteiger partial charge >= 0.3 is 0 Å². The van der Waals surface area contributed by atoms with Gasteiger partial charge in [0.05, 0.1) is 25.2 Å². The highest BCUT2D eigenvalue weighted by Gasteiger charge is 2.33. The van der Waals surface area contributed by atoms with E-state index in [2.05, 4.69) is 20.5 Å². The van der Waals surface area contributed by atoms with Crippen LogP contribution in [0.4, 0.5) is 5.13 Å². The lowest BCUT2D eigenvalue weighted by molar-refractivity contribution is -0.133. The summed E-state index contributed by atoms with van der Waals surface area (Å²) in [6.07, 6.45) is 6.63. The Labute approximate surface area is 169 Å². The fraction of sp³-hybridized carbons (Fsp3) is 0.737. The van der Waals surface area contributed by atoms with Gasteiger partial charge in [0.25, 0.3) is 0 Å². The zero-order valence-corrected chi connectivity index (χ0v) is 17.0. The summed E-state index contributed by atoms with van der Waals surface area (Å²) < 4.78 is 5.88. The third-order valence-electron chi connectivity index (χ3n) is 5.34. The summed E-state index contributed by atoms with van der Waals surface area (Å²) in [5, 5.41) is 17.8. The second kappa shape index (κ2) is 10.8. The Bertz CT molecular complexity index is 621. The highest BCUT2D eigenvalue weighted by molar-refractivity contribution is 7.13. The number of anilines is 1. The maximum atomic E-state index is 12.3. The first-order chi connectivity index (χ1) is 13.6. The van der Waals surface area contributed by atoms with Gasteiger partial charge in [0.2, 0.25) is 11.8 Å². The number of aromatic nitrogens is 1. The number of carbonyl (C=O) groups is 2. The molecule has 3 atom stereocenters. The standard InChI is InChI=1S/C19H30N4O4S/c24-13-16-15(21-17(25)6-10-23-8-2-1-3-9-23)5-4-14(27-16)12-18(26)22-19-20-7-11-28-19/h7,11,14-16,24H,1-6,8-10,12-13H2,(H,21,25)(H,20,22,26)/t14-,15+,16+/m0/s1. The molecule has 3 rings (SSSR count). The summed E-state index contributed by atoms with van der Waals surface area (Å²) in [5.41, 5.74) is 0. The lowest BCUT2D eigenvalue weighted by Gasteiger charge is -2.36. The van der Waals surface area contributed by atoms with E-state index < -0.39 is 6.10 Å². The molecule has 28 heavy (non-hydrogen) atoms. The Morgan fingerprint density at radius 1 is 1.25 bits per heavy atom. The Morgan fingerprint density at radius 2 is 2.07 bits per heavy atom. The molecule has 0 saturated carbocycles. The zero-order chi connectivity index (χ0) is 19.8. The first kappa shape index (κ1) is 21.2. The number of likely N-dealkylation sites (tertiary alicyclic amines) is 1. The van der Waals surface area contributed by atoms with Gasteiger partial charge in [-0.3, -0.25) is 9.59 Å². The fourth-order valence-electron chi connectivity index (χ4n) is 3.83. The van der Waals surface area contributed by atoms with Gasteiger partial charge in [-0.15, -0.1) is 11.3 Å². The van der Waals surface area contributed by atoms with Gasteiger partial charge in [0, 0.05) is 24.5 Å². The Hall–Kier alpha value is -1.55. The average Bonchev–Trinajstić information content (AvgIpc) is 3.21. The van der Waals surface area contributed by atoms with Crippen molar-refractivity contribution in [3.8, 4) is 0 Å². The number of aliphatic hydroxyl groups excluding tert-OH is 1. The van der Waals surface area contributed by atoms with Gasteiger partial charge in [-0.05, 0) is 38.8 Å². The molecule has 0 bridgehead atoms. The van der Waals surface area contributed by atoms with Gasteiger partial charge in [-0.25, -0.2) is 4.98 Å². The van der Waals surface area contributed by atoms with Crippen molar-refractivity contribution < 1.29 is 19.4 Å². The SMILES string of the molecule is O=C(C[C@@H]1CC[C@@H](NC(=O)CCN2CCCCC2)[C@@H](CO)O1)Nc1nccs1. The first-order valence-electron chi connectivity index (χ1n) is 10.1. The second-order valence-electron chi connectivity index (χ2n) is 7.47. The van der Waals surface area contributed by atoms with E-state index in [4.69, 9.17) is 4.74 Å². The molecule has 2 amide bonds. The van der Waals surface area contributed by atoms with E-state index in [0.717, 1.165) is 19.6 Å². The molecule has 2 aliphatic heterocycles. The number of carbonyl (C=O) groups excluding carboxylic acids is 2. The van der Waals surface area contributed by atoms with E-state index in [1.807, 2.05) is 0 Å². The minimum absolute atomic E-state index is 0.00223. The number of aliphatic hydroxyl groups is 1. The van der Waals surface area contributed by atoms with Crippen LogP contribution in [-0.2, 0) is 14.3 Å². The topological polar surface area (TPSA) is 104 Å². The van der Waals surface area contributed by atoms with Gasteiger partial charge in [-0.1, -0.05) is 6.42 Å². The maximum Gasteiger partial charge on any atom is 0.228 e. The molecule has 0 aliphatic carbocycles. The number of amides is 2. The molecular weight excluding hydrogens is 380 g/mol. The molecule has 0 aromatic carbocycles. The molecule has 3 heterocycles. The largest absolute Gasteiger partial charge is 0.394 e. The van der Waals surface area contributed by atoms with Crippen LogP contribution in [0.25, 0.3) is 0 Å². The predicted octanol–water partition coefficient (Wildman–Crippen LogP) is 1.37. The van der Waals surface area contributed by atoms with Crippen LogP contribution in [0, 0.1) is 0 Å². The number of thiazole rings is 1. The average molecular weight is 411 g/mol. The Balaban J connectivity index is 1.39. The molecule has 2 fully saturated rings.